The number of likely N-dealkylation sites (tertiary alicyclic amines) is 1. The van der Waals surface area contributed by atoms with Crippen molar-refractivity contribution in [2.75, 3.05) is 30.3 Å². The van der Waals surface area contributed by atoms with E-state index < -0.39 is 0 Å². The summed E-state index contributed by atoms with van der Waals surface area (Å²) < 4.78 is 0. The van der Waals surface area contributed by atoms with Gasteiger partial charge in [-0.25, -0.2) is 9.97 Å². The standard InChI is InChI=1S/C20H25Cl2N5O/c1-13(2)27-7-5-14(6-8-27)10-24-19-17(9-16(22)12-25-19)20(28)26-18-4-3-15(21)11-23-18/h3-4,9,11-14H,5-8,10H2,1-2H3,(H,24,25)(H,23,26,28). The molecule has 0 radical (unpaired) electrons. The van der Waals surface area contributed by atoms with Crippen molar-refractivity contribution in [3.63, 3.8) is 0 Å². The molecule has 8 heteroatoms. The number of pyridine rings is 2. The Labute approximate surface area is 175 Å². The van der Waals surface area contributed by atoms with Crippen LogP contribution in [0.15, 0.2) is 30.6 Å². The van der Waals surface area contributed by atoms with Gasteiger partial charge in [-0.1, -0.05) is 23.2 Å². The number of nitrogens with one attached hydrogen (secondary N) is 2. The van der Waals surface area contributed by atoms with Crippen molar-refractivity contribution in [1.29, 1.82) is 0 Å². The van der Waals surface area contributed by atoms with Gasteiger partial charge in [0.1, 0.15) is 11.6 Å². The lowest BCUT2D eigenvalue weighted by molar-refractivity contribution is 0.102. The van der Waals surface area contributed by atoms with Crippen molar-refractivity contribution in [2.45, 2.75) is 32.7 Å². The minimum atomic E-state index is -0.318. The monoisotopic (exact) mass is 421 g/mol. The second kappa shape index (κ2) is 9.54. The SMILES string of the molecule is CC(C)N1CCC(CNc2ncc(Cl)cc2C(=O)Nc2ccc(Cl)cn2)CC1. The van der Waals surface area contributed by atoms with Gasteiger partial charge >= 0.3 is 0 Å². The van der Waals surface area contributed by atoms with Gasteiger partial charge < -0.3 is 15.5 Å². The molecule has 1 fully saturated rings. The van der Waals surface area contributed by atoms with E-state index in [2.05, 4.69) is 39.3 Å². The lowest BCUT2D eigenvalue weighted by atomic mass is 9.96. The van der Waals surface area contributed by atoms with Crippen LogP contribution in [0, 0.1) is 5.92 Å². The van der Waals surface area contributed by atoms with Crippen molar-refractivity contribution >= 4 is 40.7 Å². The fraction of sp³-hybridized carbons (Fsp3) is 0.450. The van der Waals surface area contributed by atoms with Gasteiger partial charge in [-0.15, -0.1) is 0 Å². The fourth-order valence-corrected chi connectivity index (χ4v) is 3.57. The second-order valence-corrected chi connectivity index (χ2v) is 8.19. The van der Waals surface area contributed by atoms with Crippen LogP contribution in [0.4, 0.5) is 11.6 Å². The molecule has 0 aromatic carbocycles. The van der Waals surface area contributed by atoms with Gasteiger partial charge in [0.2, 0.25) is 0 Å². The molecule has 0 bridgehead atoms. The molecule has 2 N–H and O–H groups in total. The summed E-state index contributed by atoms with van der Waals surface area (Å²) in [5.74, 6) is 1.19. The molecule has 0 spiro atoms. The number of hydrogen-bond donors (Lipinski definition) is 2. The van der Waals surface area contributed by atoms with Crippen LogP contribution >= 0.6 is 23.2 Å². The summed E-state index contributed by atoms with van der Waals surface area (Å²) in [6.45, 7) is 7.45. The maximum atomic E-state index is 12.7. The molecule has 0 unspecified atom stereocenters. The molecule has 6 nitrogen and oxygen atoms in total. The number of hydrogen-bond acceptors (Lipinski definition) is 5. The van der Waals surface area contributed by atoms with E-state index in [1.54, 1.807) is 24.4 Å². The molecule has 1 saturated heterocycles. The lowest BCUT2D eigenvalue weighted by Crippen LogP contribution is -2.40. The molecule has 2 aromatic rings. The number of piperidine rings is 1. The molecule has 3 rings (SSSR count). The first-order chi connectivity index (χ1) is 13.4. The molecule has 3 heterocycles. The Balaban J connectivity index is 1.64. The van der Waals surface area contributed by atoms with E-state index in [4.69, 9.17) is 23.2 Å². The molecule has 0 atom stereocenters. The van der Waals surface area contributed by atoms with Crippen molar-refractivity contribution < 1.29 is 4.79 Å². The summed E-state index contributed by atoms with van der Waals surface area (Å²) >= 11 is 11.9. The first kappa shape index (κ1) is 20.8. The fourth-order valence-electron chi connectivity index (χ4n) is 3.30. The molecule has 0 aliphatic carbocycles. The minimum Gasteiger partial charge on any atom is -0.369 e. The maximum absolute atomic E-state index is 12.7. The van der Waals surface area contributed by atoms with Gasteiger partial charge in [-0.05, 0) is 63.9 Å². The summed E-state index contributed by atoms with van der Waals surface area (Å²) in [6, 6.07) is 5.52. The van der Waals surface area contributed by atoms with E-state index in [-0.39, 0.29) is 5.91 Å². The number of carbonyl (C=O) groups is 1. The molecule has 1 aliphatic heterocycles. The zero-order valence-corrected chi connectivity index (χ0v) is 17.6. The van der Waals surface area contributed by atoms with Crippen LogP contribution in [-0.2, 0) is 0 Å². The number of anilines is 2. The normalized spacial score (nSPS) is 15.6. The molecule has 1 aliphatic rings. The molecular formula is C20H25Cl2N5O. The van der Waals surface area contributed by atoms with Gasteiger partial charge in [0, 0.05) is 25.0 Å². The molecule has 2 aromatic heterocycles. The Morgan fingerprint density at radius 2 is 1.89 bits per heavy atom. The minimum absolute atomic E-state index is 0.318. The highest BCUT2D eigenvalue weighted by Gasteiger charge is 2.22. The van der Waals surface area contributed by atoms with E-state index >= 15 is 0 Å². The van der Waals surface area contributed by atoms with E-state index in [1.807, 2.05) is 0 Å². The zero-order chi connectivity index (χ0) is 20.1. The summed E-state index contributed by atoms with van der Waals surface area (Å²) in [5, 5.41) is 7.01. The average Bonchev–Trinajstić information content (AvgIpc) is 2.69. The Morgan fingerprint density at radius 3 is 2.54 bits per heavy atom. The lowest BCUT2D eigenvalue weighted by Gasteiger charge is -2.34. The summed E-state index contributed by atoms with van der Waals surface area (Å²) in [6.07, 6.45) is 5.29. The van der Waals surface area contributed by atoms with Crippen molar-refractivity contribution in [3.8, 4) is 0 Å². The molecule has 28 heavy (non-hydrogen) atoms. The molecule has 0 saturated carbocycles. The van der Waals surface area contributed by atoms with Gasteiger partial charge in [0.05, 0.1) is 15.6 Å². The van der Waals surface area contributed by atoms with Crippen LogP contribution in [0.5, 0.6) is 0 Å². The van der Waals surface area contributed by atoms with Crippen molar-refractivity contribution in [3.05, 3.63) is 46.2 Å². The van der Waals surface area contributed by atoms with Gasteiger partial charge in [0.15, 0.2) is 0 Å². The number of carbonyl (C=O) groups excluding carboxylic acids is 1. The van der Waals surface area contributed by atoms with Crippen LogP contribution in [0.25, 0.3) is 0 Å². The third-order valence-corrected chi connectivity index (χ3v) is 5.44. The van der Waals surface area contributed by atoms with Crippen LogP contribution in [0.2, 0.25) is 10.0 Å². The van der Waals surface area contributed by atoms with Crippen LogP contribution < -0.4 is 10.6 Å². The third kappa shape index (κ3) is 5.56. The Morgan fingerprint density at radius 1 is 1.18 bits per heavy atom. The molecule has 150 valence electrons. The van der Waals surface area contributed by atoms with Gasteiger partial charge in [-0.2, -0.15) is 0 Å². The highest BCUT2D eigenvalue weighted by molar-refractivity contribution is 6.31. The predicted molar refractivity (Wildman–Crippen MR) is 114 cm³/mol. The van der Waals surface area contributed by atoms with Crippen LogP contribution in [0.1, 0.15) is 37.0 Å². The van der Waals surface area contributed by atoms with Crippen molar-refractivity contribution in [1.82, 2.24) is 14.9 Å². The summed E-state index contributed by atoms with van der Waals surface area (Å²) in [5.41, 5.74) is 0.392. The van der Waals surface area contributed by atoms with Crippen molar-refractivity contribution in [2.24, 2.45) is 5.92 Å². The first-order valence-electron chi connectivity index (χ1n) is 9.48. The number of amides is 1. The first-order valence-corrected chi connectivity index (χ1v) is 10.2. The maximum Gasteiger partial charge on any atom is 0.260 e. The Hall–Kier alpha value is -1.89. The predicted octanol–water partition coefficient (Wildman–Crippen LogP) is 4.57. The summed E-state index contributed by atoms with van der Waals surface area (Å²) in [4.78, 5) is 23.6. The average molecular weight is 422 g/mol. The number of halogens is 2. The molecular weight excluding hydrogens is 397 g/mol. The zero-order valence-electron chi connectivity index (χ0n) is 16.1. The largest absolute Gasteiger partial charge is 0.369 e. The topological polar surface area (TPSA) is 70.2 Å². The highest BCUT2D eigenvalue weighted by Crippen LogP contribution is 2.23. The van der Waals surface area contributed by atoms with Crippen LogP contribution in [0.3, 0.4) is 0 Å². The molecule has 1 amide bonds. The number of aromatic nitrogens is 2. The second-order valence-electron chi connectivity index (χ2n) is 7.32. The van der Waals surface area contributed by atoms with Gasteiger partial charge in [-0.3, -0.25) is 4.79 Å². The van der Waals surface area contributed by atoms with E-state index in [0.29, 0.717) is 39.2 Å². The third-order valence-electron chi connectivity index (χ3n) is 5.01. The van der Waals surface area contributed by atoms with E-state index in [9.17, 15) is 4.79 Å². The Bertz CT molecular complexity index is 805. The Kier molecular flexibility index (Phi) is 7.10. The number of rotatable bonds is 6. The smallest absolute Gasteiger partial charge is 0.260 e. The summed E-state index contributed by atoms with van der Waals surface area (Å²) in [7, 11) is 0. The van der Waals surface area contributed by atoms with Crippen LogP contribution in [-0.4, -0.2) is 46.5 Å². The highest BCUT2D eigenvalue weighted by atomic mass is 35.5. The van der Waals surface area contributed by atoms with Gasteiger partial charge in [0.25, 0.3) is 5.91 Å². The quantitative estimate of drug-likeness (QED) is 0.714. The van der Waals surface area contributed by atoms with E-state index in [0.717, 1.165) is 32.5 Å². The number of nitrogens with zero attached hydrogens (tertiary/aromatic N) is 3. The van der Waals surface area contributed by atoms with E-state index in [1.165, 1.54) is 6.20 Å².